The first-order chi connectivity index (χ1) is 13.1. The van der Waals surface area contributed by atoms with E-state index in [2.05, 4.69) is 15.8 Å². The highest BCUT2D eigenvalue weighted by Gasteiger charge is 2.03. The predicted molar refractivity (Wildman–Crippen MR) is 104 cm³/mol. The molecule has 2 aromatic rings. The summed E-state index contributed by atoms with van der Waals surface area (Å²) in [5, 5.41) is 6.32. The molecule has 0 heterocycles. The van der Waals surface area contributed by atoms with Crippen LogP contribution in [0.15, 0.2) is 59.7 Å². The van der Waals surface area contributed by atoms with Crippen LogP contribution in [0.25, 0.3) is 6.08 Å². The Labute approximate surface area is 157 Å². The molecule has 0 radical (unpaired) electrons. The van der Waals surface area contributed by atoms with E-state index in [9.17, 15) is 9.59 Å². The molecule has 0 aliphatic heterocycles. The van der Waals surface area contributed by atoms with E-state index in [0.717, 1.165) is 16.9 Å². The van der Waals surface area contributed by atoms with Crippen molar-refractivity contribution < 1.29 is 19.1 Å². The fraction of sp³-hybridized carbons (Fsp3) is 0.150. The Morgan fingerprint density at radius 2 is 1.78 bits per heavy atom. The molecule has 140 valence electrons. The van der Waals surface area contributed by atoms with Crippen LogP contribution in [0.5, 0.6) is 11.5 Å². The van der Waals surface area contributed by atoms with Gasteiger partial charge < -0.3 is 14.8 Å². The van der Waals surface area contributed by atoms with Gasteiger partial charge in [0, 0.05) is 11.6 Å². The van der Waals surface area contributed by atoms with E-state index < -0.39 is 11.8 Å². The van der Waals surface area contributed by atoms with Crippen molar-refractivity contribution in [3.63, 3.8) is 0 Å². The van der Waals surface area contributed by atoms with Gasteiger partial charge in [0.1, 0.15) is 11.5 Å². The second-order valence-corrected chi connectivity index (χ2v) is 5.36. The van der Waals surface area contributed by atoms with Gasteiger partial charge in [0.05, 0.1) is 27.0 Å². The van der Waals surface area contributed by atoms with Crippen molar-refractivity contribution in [1.82, 2.24) is 10.7 Å². The number of carbonyl (C=O) groups is 2. The number of rotatable bonds is 8. The maximum atomic E-state index is 11.8. The number of hydrogen-bond acceptors (Lipinski definition) is 5. The van der Waals surface area contributed by atoms with E-state index >= 15 is 0 Å². The Morgan fingerprint density at radius 1 is 1.04 bits per heavy atom. The Bertz CT molecular complexity index is 829. The van der Waals surface area contributed by atoms with Crippen LogP contribution in [0, 0.1) is 0 Å². The van der Waals surface area contributed by atoms with E-state index in [1.807, 2.05) is 18.2 Å². The minimum Gasteiger partial charge on any atom is -0.497 e. The van der Waals surface area contributed by atoms with Crippen molar-refractivity contribution >= 4 is 24.1 Å². The van der Waals surface area contributed by atoms with Crippen LogP contribution in [0.1, 0.15) is 11.1 Å². The highest BCUT2D eigenvalue weighted by Crippen LogP contribution is 2.18. The lowest BCUT2D eigenvalue weighted by molar-refractivity contribution is -0.123. The molecule has 7 heteroatoms. The number of amides is 2. The molecule has 0 fully saturated rings. The first kappa shape index (κ1) is 19.7. The van der Waals surface area contributed by atoms with Crippen LogP contribution in [-0.4, -0.2) is 38.8 Å². The van der Waals surface area contributed by atoms with Crippen LogP contribution < -0.4 is 20.2 Å². The molecule has 0 saturated heterocycles. The summed E-state index contributed by atoms with van der Waals surface area (Å²) in [4.78, 5) is 23.5. The number of methoxy groups -OCH3 is 2. The fourth-order valence-electron chi connectivity index (χ4n) is 2.10. The lowest BCUT2D eigenvalue weighted by Gasteiger charge is -2.04. The summed E-state index contributed by atoms with van der Waals surface area (Å²) in [6.45, 7) is -0.185. The largest absolute Gasteiger partial charge is 0.497 e. The predicted octanol–water partition coefficient (Wildman–Crippen LogP) is 1.98. The van der Waals surface area contributed by atoms with Crippen LogP contribution in [0.2, 0.25) is 0 Å². The second-order valence-electron chi connectivity index (χ2n) is 5.36. The average Bonchev–Trinajstić information content (AvgIpc) is 2.71. The Balaban J connectivity index is 1.76. The van der Waals surface area contributed by atoms with Gasteiger partial charge in [0.2, 0.25) is 5.91 Å². The van der Waals surface area contributed by atoms with Crippen LogP contribution in [0.3, 0.4) is 0 Å². The highest BCUT2D eigenvalue weighted by molar-refractivity contribution is 5.94. The molecule has 7 nitrogen and oxygen atoms in total. The van der Waals surface area contributed by atoms with Crippen molar-refractivity contribution in [2.45, 2.75) is 0 Å². The van der Waals surface area contributed by atoms with Gasteiger partial charge in [0.25, 0.3) is 5.91 Å². The second kappa shape index (κ2) is 10.4. The molecule has 0 aliphatic rings. The van der Waals surface area contributed by atoms with E-state index in [1.165, 1.54) is 12.3 Å². The standard InChI is InChI=1S/C20H21N3O4/c1-26-17-10-7-15(8-11-17)13-22-23-20(25)14-21-19(24)12-9-16-5-3-4-6-18(16)27-2/h3-13H,14H2,1-2H3,(H,21,24)(H,23,25)/b12-9+,22-13-. The summed E-state index contributed by atoms with van der Waals surface area (Å²) in [6, 6.07) is 14.5. The number of para-hydroxylation sites is 1. The zero-order valence-electron chi connectivity index (χ0n) is 15.1. The number of hydrazone groups is 1. The van der Waals surface area contributed by atoms with E-state index in [0.29, 0.717) is 5.75 Å². The molecule has 0 unspecified atom stereocenters. The third kappa shape index (κ3) is 6.66. The Kier molecular flexibility index (Phi) is 7.59. The van der Waals surface area contributed by atoms with Crippen molar-refractivity contribution in [2.24, 2.45) is 5.10 Å². The summed E-state index contributed by atoms with van der Waals surface area (Å²) in [5.41, 5.74) is 3.92. The van der Waals surface area contributed by atoms with Gasteiger partial charge >= 0.3 is 0 Å². The van der Waals surface area contributed by atoms with Crippen LogP contribution >= 0.6 is 0 Å². The van der Waals surface area contributed by atoms with E-state index in [1.54, 1.807) is 50.6 Å². The molecule has 0 bridgehead atoms. The third-order valence-electron chi connectivity index (χ3n) is 3.50. The van der Waals surface area contributed by atoms with Gasteiger partial charge in [-0.3, -0.25) is 9.59 Å². The normalized spacial score (nSPS) is 10.7. The smallest absolute Gasteiger partial charge is 0.259 e. The first-order valence-corrected chi connectivity index (χ1v) is 8.17. The van der Waals surface area contributed by atoms with Gasteiger partial charge in [-0.05, 0) is 42.0 Å². The molecule has 2 aromatic carbocycles. The van der Waals surface area contributed by atoms with Crippen LogP contribution in [0.4, 0.5) is 0 Å². The summed E-state index contributed by atoms with van der Waals surface area (Å²) in [6.07, 6.45) is 4.46. The SMILES string of the molecule is COc1ccc(/C=N\NC(=O)CNC(=O)/C=C/c2ccccc2OC)cc1. The molecule has 0 aromatic heterocycles. The minimum atomic E-state index is -0.432. The molecule has 2 amide bonds. The van der Waals surface area contributed by atoms with Crippen molar-refractivity contribution in [2.75, 3.05) is 20.8 Å². The number of nitrogens with zero attached hydrogens (tertiary/aromatic N) is 1. The van der Waals surface area contributed by atoms with Gasteiger partial charge in [-0.25, -0.2) is 5.43 Å². The number of hydrogen-bond donors (Lipinski definition) is 2. The number of benzene rings is 2. The lowest BCUT2D eigenvalue weighted by Crippen LogP contribution is -2.34. The number of ether oxygens (including phenoxy) is 2. The van der Waals surface area contributed by atoms with Gasteiger partial charge in [0.15, 0.2) is 0 Å². The minimum absolute atomic E-state index is 0.185. The fourth-order valence-corrected chi connectivity index (χ4v) is 2.10. The monoisotopic (exact) mass is 367 g/mol. The van der Waals surface area contributed by atoms with E-state index in [4.69, 9.17) is 9.47 Å². The molecule has 2 rings (SSSR count). The maximum absolute atomic E-state index is 11.8. The molecular weight excluding hydrogens is 346 g/mol. The van der Waals surface area contributed by atoms with Gasteiger partial charge in [-0.1, -0.05) is 18.2 Å². The van der Waals surface area contributed by atoms with Crippen molar-refractivity contribution in [3.05, 3.63) is 65.7 Å². The molecule has 0 saturated carbocycles. The summed E-state index contributed by atoms with van der Waals surface area (Å²) >= 11 is 0. The maximum Gasteiger partial charge on any atom is 0.259 e. The Hall–Kier alpha value is -3.61. The Morgan fingerprint density at radius 3 is 2.48 bits per heavy atom. The topological polar surface area (TPSA) is 89.0 Å². The zero-order valence-corrected chi connectivity index (χ0v) is 15.1. The lowest BCUT2D eigenvalue weighted by atomic mass is 10.2. The molecule has 2 N–H and O–H groups in total. The van der Waals surface area contributed by atoms with Gasteiger partial charge in [-0.15, -0.1) is 0 Å². The number of nitrogens with one attached hydrogen (secondary N) is 2. The van der Waals surface area contributed by atoms with Crippen molar-refractivity contribution in [1.29, 1.82) is 0 Å². The first-order valence-electron chi connectivity index (χ1n) is 8.17. The molecule has 27 heavy (non-hydrogen) atoms. The zero-order chi connectivity index (χ0) is 19.5. The van der Waals surface area contributed by atoms with E-state index in [-0.39, 0.29) is 6.54 Å². The quantitative estimate of drug-likeness (QED) is 0.424. The summed E-state index contributed by atoms with van der Waals surface area (Å²) in [5.74, 6) is 0.571. The highest BCUT2D eigenvalue weighted by atomic mass is 16.5. The third-order valence-corrected chi connectivity index (χ3v) is 3.50. The van der Waals surface area contributed by atoms with Gasteiger partial charge in [-0.2, -0.15) is 5.10 Å². The summed E-state index contributed by atoms with van der Waals surface area (Å²) in [7, 11) is 3.15. The summed E-state index contributed by atoms with van der Waals surface area (Å²) < 4.78 is 10.3. The van der Waals surface area contributed by atoms with Crippen LogP contribution in [-0.2, 0) is 9.59 Å². The molecule has 0 aliphatic carbocycles. The molecule has 0 spiro atoms. The molecule has 0 atom stereocenters. The van der Waals surface area contributed by atoms with Crippen molar-refractivity contribution in [3.8, 4) is 11.5 Å². The number of carbonyl (C=O) groups excluding carboxylic acids is 2. The average molecular weight is 367 g/mol. The molecular formula is C20H21N3O4.